The predicted molar refractivity (Wildman–Crippen MR) is 102 cm³/mol. The first kappa shape index (κ1) is 22.9. The van der Waals surface area contributed by atoms with Gasteiger partial charge in [0.05, 0.1) is 19.9 Å². The normalized spacial score (nSPS) is 11.8. The number of carbonyl (C=O) groups excluding carboxylic acids is 2. The Morgan fingerprint density at radius 3 is 2.06 bits per heavy atom. The minimum atomic E-state index is -5.84. The number of rotatable bonds is 5. The molecule has 0 N–H and O–H groups in total. The van der Waals surface area contributed by atoms with Crippen LogP contribution in [0.1, 0.15) is 26.4 Å². The number of hydrogen-bond acceptors (Lipinski definition) is 5. The predicted octanol–water partition coefficient (Wildman–Crippen LogP) is 4.77. The molecule has 11 heteroatoms. The van der Waals surface area contributed by atoms with Gasteiger partial charge in [-0.1, -0.05) is 36.4 Å². The van der Waals surface area contributed by atoms with Gasteiger partial charge in [-0.25, -0.2) is 14.3 Å². The standard InChI is InChI=1S/C21H15F5N2O4/c1-31-18(29)15-16(12-7-6-8-13(11-12)20(22,23)21(24,25)26)27-28(17(15)19(30)32-2)14-9-4-3-5-10-14/h3-11H,1-2H3. The fourth-order valence-electron chi connectivity index (χ4n) is 2.98. The number of nitrogens with zero attached hydrogens (tertiary/aromatic N) is 2. The zero-order valence-corrected chi connectivity index (χ0v) is 16.6. The highest BCUT2D eigenvalue weighted by Gasteiger charge is 2.58. The van der Waals surface area contributed by atoms with Crippen LogP contribution in [0.2, 0.25) is 0 Å². The fraction of sp³-hybridized carbons (Fsp3) is 0.190. The fourth-order valence-corrected chi connectivity index (χ4v) is 2.98. The Bertz CT molecular complexity index is 1160. The molecular formula is C21H15F5N2O4. The Morgan fingerprint density at radius 1 is 0.875 bits per heavy atom. The number of hydrogen-bond donors (Lipinski definition) is 0. The Balaban J connectivity index is 2.33. The SMILES string of the molecule is COC(=O)c1c(-c2cccc(C(F)(F)C(F)(F)F)c2)nn(-c2ccccc2)c1C(=O)OC. The van der Waals surface area contributed by atoms with Gasteiger partial charge < -0.3 is 9.47 Å². The molecule has 3 rings (SSSR count). The Kier molecular flexibility index (Phi) is 6.02. The first-order valence-electron chi connectivity index (χ1n) is 8.93. The van der Waals surface area contributed by atoms with E-state index in [-0.39, 0.29) is 17.0 Å². The van der Waals surface area contributed by atoms with Crippen LogP contribution in [0.15, 0.2) is 54.6 Å². The lowest BCUT2D eigenvalue weighted by atomic mass is 10.00. The summed E-state index contributed by atoms with van der Waals surface area (Å²) in [6.07, 6.45) is -5.84. The van der Waals surface area contributed by atoms with Crippen LogP contribution in [0, 0.1) is 0 Å². The van der Waals surface area contributed by atoms with E-state index in [4.69, 9.17) is 9.47 Å². The lowest BCUT2D eigenvalue weighted by Crippen LogP contribution is -2.33. The molecule has 6 nitrogen and oxygen atoms in total. The second kappa shape index (κ2) is 8.40. The zero-order chi connectivity index (χ0) is 23.7. The first-order valence-corrected chi connectivity index (χ1v) is 8.93. The number of methoxy groups -OCH3 is 2. The van der Waals surface area contributed by atoms with Crippen molar-refractivity contribution in [3.8, 4) is 16.9 Å². The molecular weight excluding hydrogens is 439 g/mol. The van der Waals surface area contributed by atoms with E-state index in [1.165, 1.54) is 6.07 Å². The van der Waals surface area contributed by atoms with E-state index in [1.54, 1.807) is 30.3 Å². The minimum Gasteiger partial charge on any atom is -0.465 e. The number of esters is 2. The highest BCUT2D eigenvalue weighted by atomic mass is 19.4. The van der Waals surface area contributed by atoms with Crippen molar-refractivity contribution in [2.45, 2.75) is 12.1 Å². The van der Waals surface area contributed by atoms with Crippen molar-refractivity contribution in [1.29, 1.82) is 0 Å². The highest BCUT2D eigenvalue weighted by molar-refractivity contribution is 6.06. The van der Waals surface area contributed by atoms with Gasteiger partial charge in [0.2, 0.25) is 0 Å². The van der Waals surface area contributed by atoms with Crippen molar-refractivity contribution in [3.05, 3.63) is 71.4 Å². The van der Waals surface area contributed by atoms with Crippen LogP contribution in [0.4, 0.5) is 22.0 Å². The number of ether oxygens (including phenoxy) is 2. The van der Waals surface area contributed by atoms with Gasteiger partial charge in [0, 0.05) is 11.1 Å². The van der Waals surface area contributed by atoms with Crippen LogP contribution < -0.4 is 0 Å². The van der Waals surface area contributed by atoms with E-state index in [1.807, 2.05) is 0 Å². The summed E-state index contributed by atoms with van der Waals surface area (Å²) in [5, 5.41) is 4.16. The van der Waals surface area contributed by atoms with E-state index in [2.05, 4.69) is 5.10 Å². The maximum atomic E-state index is 13.9. The summed E-state index contributed by atoms with van der Waals surface area (Å²) < 4.78 is 76.8. The van der Waals surface area contributed by atoms with Crippen LogP contribution in [0.25, 0.3) is 16.9 Å². The van der Waals surface area contributed by atoms with Crippen LogP contribution in [0.5, 0.6) is 0 Å². The van der Waals surface area contributed by atoms with E-state index >= 15 is 0 Å². The molecule has 0 bridgehead atoms. The van der Waals surface area contributed by atoms with Crippen molar-refractivity contribution in [3.63, 3.8) is 0 Å². The molecule has 168 valence electrons. The van der Waals surface area contributed by atoms with Crippen molar-refractivity contribution in [1.82, 2.24) is 9.78 Å². The Morgan fingerprint density at radius 2 is 1.50 bits per heavy atom. The Hall–Kier alpha value is -3.76. The van der Waals surface area contributed by atoms with E-state index in [9.17, 15) is 31.5 Å². The third-order valence-electron chi connectivity index (χ3n) is 4.51. The summed E-state index contributed by atoms with van der Waals surface area (Å²) >= 11 is 0. The molecule has 0 aliphatic heterocycles. The van der Waals surface area contributed by atoms with Gasteiger partial charge in [0.1, 0.15) is 11.3 Å². The summed E-state index contributed by atoms with van der Waals surface area (Å²) in [6, 6.07) is 11.3. The largest absolute Gasteiger partial charge is 0.465 e. The average Bonchev–Trinajstić information content (AvgIpc) is 3.18. The first-order chi connectivity index (χ1) is 15.0. The number of alkyl halides is 5. The molecule has 0 amide bonds. The highest BCUT2D eigenvalue weighted by Crippen LogP contribution is 2.44. The van der Waals surface area contributed by atoms with Gasteiger partial charge in [-0.3, -0.25) is 0 Å². The summed E-state index contributed by atoms with van der Waals surface area (Å²) in [5.41, 5.74) is -2.47. The quantitative estimate of drug-likeness (QED) is 0.411. The molecule has 32 heavy (non-hydrogen) atoms. The van der Waals surface area contributed by atoms with Gasteiger partial charge in [-0.05, 0) is 18.2 Å². The summed E-state index contributed by atoms with van der Waals surface area (Å²) in [5.74, 6) is -7.21. The zero-order valence-electron chi connectivity index (χ0n) is 16.6. The van der Waals surface area contributed by atoms with Crippen LogP contribution in [-0.4, -0.2) is 42.1 Å². The van der Waals surface area contributed by atoms with Crippen molar-refractivity contribution in [2.24, 2.45) is 0 Å². The smallest absolute Gasteiger partial charge is 0.458 e. The third kappa shape index (κ3) is 3.93. The second-order valence-electron chi connectivity index (χ2n) is 6.46. The number of para-hydroxylation sites is 1. The maximum absolute atomic E-state index is 13.9. The van der Waals surface area contributed by atoms with Crippen LogP contribution >= 0.6 is 0 Å². The third-order valence-corrected chi connectivity index (χ3v) is 4.51. The number of carbonyl (C=O) groups is 2. The maximum Gasteiger partial charge on any atom is 0.458 e. The van der Waals surface area contributed by atoms with E-state index in [0.29, 0.717) is 17.8 Å². The van der Waals surface area contributed by atoms with Crippen LogP contribution in [0.3, 0.4) is 0 Å². The lowest BCUT2D eigenvalue weighted by molar-refractivity contribution is -0.289. The molecule has 0 aliphatic carbocycles. The van der Waals surface area contributed by atoms with Gasteiger partial charge in [-0.2, -0.15) is 27.1 Å². The van der Waals surface area contributed by atoms with Gasteiger partial charge in [0.25, 0.3) is 0 Å². The van der Waals surface area contributed by atoms with Crippen molar-refractivity contribution < 1.29 is 41.0 Å². The molecule has 1 aromatic heterocycles. The summed E-state index contributed by atoms with van der Waals surface area (Å²) in [4.78, 5) is 25.0. The van der Waals surface area contributed by atoms with Crippen molar-refractivity contribution >= 4 is 11.9 Å². The number of halogens is 5. The van der Waals surface area contributed by atoms with Gasteiger partial charge >= 0.3 is 24.0 Å². The second-order valence-corrected chi connectivity index (χ2v) is 6.46. The molecule has 0 atom stereocenters. The molecule has 3 aromatic rings. The van der Waals surface area contributed by atoms with Gasteiger partial charge in [-0.15, -0.1) is 0 Å². The summed E-state index contributed by atoms with van der Waals surface area (Å²) in [7, 11) is 2.07. The molecule has 2 aromatic carbocycles. The number of benzene rings is 2. The average molecular weight is 454 g/mol. The molecule has 0 radical (unpaired) electrons. The molecule has 0 unspecified atom stereocenters. The molecule has 0 saturated carbocycles. The molecule has 0 aliphatic rings. The topological polar surface area (TPSA) is 70.4 Å². The Labute approximate surface area is 178 Å². The van der Waals surface area contributed by atoms with E-state index < -0.39 is 35.2 Å². The monoisotopic (exact) mass is 454 g/mol. The molecule has 1 heterocycles. The van der Waals surface area contributed by atoms with Crippen LogP contribution in [-0.2, 0) is 15.4 Å². The molecule has 0 spiro atoms. The minimum absolute atomic E-state index is 0.258. The number of aromatic nitrogens is 2. The summed E-state index contributed by atoms with van der Waals surface area (Å²) in [6.45, 7) is 0. The van der Waals surface area contributed by atoms with E-state index in [0.717, 1.165) is 25.0 Å². The molecule has 0 fully saturated rings. The van der Waals surface area contributed by atoms with Crippen molar-refractivity contribution in [2.75, 3.05) is 14.2 Å². The molecule has 0 saturated heterocycles. The lowest BCUT2D eigenvalue weighted by Gasteiger charge is -2.20. The van der Waals surface area contributed by atoms with Gasteiger partial charge in [0.15, 0.2) is 5.69 Å².